The monoisotopic (exact) mass is 473 g/mol. The maximum Gasteiger partial charge on any atom is 0.306 e. The first-order chi connectivity index (χ1) is 17.0. The molecule has 1 unspecified atom stereocenters. The highest BCUT2D eigenvalue weighted by atomic mass is 16.5. The van der Waals surface area contributed by atoms with Crippen molar-refractivity contribution < 1.29 is 19.4 Å². The number of esters is 1. The van der Waals surface area contributed by atoms with E-state index in [0.717, 1.165) is 5.69 Å². The van der Waals surface area contributed by atoms with E-state index in [1.165, 1.54) is 7.11 Å². The van der Waals surface area contributed by atoms with E-state index in [9.17, 15) is 14.7 Å². The average Bonchev–Trinajstić information content (AvgIpc) is 3.37. The van der Waals surface area contributed by atoms with E-state index in [4.69, 9.17) is 9.47 Å². The van der Waals surface area contributed by atoms with Gasteiger partial charge >= 0.3 is 5.97 Å². The molecule has 0 aliphatic rings. The minimum absolute atomic E-state index is 0.113. The zero-order valence-electron chi connectivity index (χ0n) is 19.6. The van der Waals surface area contributed by atoms with E-state index in [1.807, 2.05) is 30.3 Å². The maximum absolute atomic E-state index is 13.6. The number of aromatic hydroxyl groups is 1. The lowest BCUT2D eigenvalue weighted by molar-refractivity contribution is -0.140. The van der Waals surface area contributed by atoms with Crippen molar-refractivity contribution in [3.63, 3.8) is 0 Å². The van der Waals surface area contributed by atoms with Crippen molar-refractivity contribution in [1.82, 2.24) is 14.5 Å². The van der Waals surface area contributed by atoms with Crippen LogP contribution in [0.3, 0.4) is 0 Å². The van der Waals surface area contributed by atoms with Crippen LogP contribution < -0.4 is 10.3 Å². The van der Waals surface area contributed by atoms with Gasteiger partial charge < -0.3 is 24.1 Å². The van der Waals surface area contributed by atoms with Crippen LogP contribution in [0.2, 0.25) is 0 Å². The molecule has 1 atom stereocenters. The van der Waals surface area contributed by atoms with Crippen LogP contribution in [0.1, 0.15) is 34.9 Å². The Morgan fingerprint density at radius 2 is 1.89 bits per heavy atom. The van der Waals surface area contributed by atoms with E-state index >= 15 is 0 Å². The molecule has 0 aliphatic carbocycles. The quantitative estimate of drug-likeness (QED) is 0.351. The smallest absolute Gasteiger partial charge is 0.306 e. The summed E-state index contributed by atoms with van der Waals surface area (Å²) in [6.45, 7) is 2.16. The first-order valence-corrected chi connectivity index (χ1v) is 11.3. The largest absolute Gasteiger partial charge is 0.507 e. The number of para-hydroxylation sites is 1. The Hall–Kier alpha value is -4.33. The number of imidazole rings is 1. The van der Waals surface area contributed by atoms with Gasteiger partial charge in [-0.3, -0.25) is 9.59 Å². The number of pyridine rings is 1. The molecule has 2 aromatic carbocycles. The minimum atomic E-state index is -0.728. The Kier molecular flexibility index (Phi) is 7.30. The van der Waals surface area contributed by atoms with Gasteiger partial charge in [-0.25, -0.2) is 4.98 Å². The highest BCUT2D eigenvalue weighted by Crippen LogP contribution is 2.34. The third-order valence-corrected chi connectivity index (χ3v) is 5.87. The fourth-order valence-electron chi connectivity index (χ4n) is 4.08. The summed E-state index contributed by atoms with van der Waals surface area (Å²) in [7, 11) is 1.30. The number of hydrogen-bond acceptors (Lipinski definition) is 6. The second-order valence-electron chi connectivity index (χ2n) is 8.19. The van der Waals surface area contributed by atoms with Crippen LogP contribution in [0.25, 0.3) is 0 Å². The summed E-state index contributed by atoms with van der Waals surface area (Å²) in [5.41, 5.74) is 1.95. The summed E-state index contributed by atoms with van der Waals surface area (Å²) >= 11 is 0. The summed E-state index contributed by atoms with van der Waals surface area (Å²) in [4.78, 5) is 33.0. The molecule has 0 radical (unpaired) electrons. The van der Waals surface area contributed by atoms with Gasteiger partial charge in [0.05, 0.1) is 25.4 Å². The number of methoxy groups -OCH3 is 1. The summed E-state index contributed by atoms with van der Waals surface area (Å²) in [6.07, 6.45) is 3.74. The first kappa shape index (κ1) is 23.8. The van der Waals surface area contributed by atoms with Gasteiger partial charge in [-0.15, -0.1) is 0 Å². The van der Waals surface area contributed by atoms with Crippen molar-refractivity contribution in [2.75, 3.05) is 7.11 Å². The second-order valence-corrected chi connectivity index (χ2v) is 8.19. The molecule has 0 saturated carbocycles. The van der Waals surface area contributed by atoms with Crippen LogP contribution in [0.5, 0.6) is 17.2 Å². The SMILES string of the molecule is COC(=O)CC(c1cccc(Oc2ccccc2)c1)c1c(O)cc(C)n(CCc2cnc[nH]2)c1=O. The number of aromatic nitrogens is 3. The highest BCUT2D eigenvalue weighted by Gasteiger charge is 2.27. The van der Waals surface area contributed by atoms with Crippen LogP contribution in [-0.2, 0) is 22.5 Å². The van der Waals surface area contributed by atoms with E-state index in [0.29, 0.717) is 35.7 Å². The van der Waals surface area contributed by atoms with E-state index in [2.05, 4.69) is 9.97 Å². The van der Waals surface area contributed by atoms with Gasteiger partial charge in [0.15, 0.2) is 0 Å². The Bertz CT molecular complexity index is 1350. The van der Waals surface area contributed by atoms with Gasteiger partial charge in [-0.1, -0.05) is 30.3 Å². The molecular weight excluding hydrogens is 446 g/mol. The van der Waals surface area contributed by atoms with Crippen LogP contribution in [0.15, 0.2) is 78.0 Å². The summed E-state index contributed by atoms with van der Waals surface area (Å²) < 4.78 is 12.5. The number of aromatic amines is 1. The van der Waals surface area contributed by atoms with Gasteiger partial charge in [0.25, 0.3) is 5.56 Å². The molecule has 0 fully saturated rings. The number of benzene rings is 2. The van der Waals surface area contributed by atoms with Crippen molar-refractivity contribution in [2.45, 2.75) is 32.2 Å². The molecule has 2 aromatic heterocycles. The Labute approximate surface area is 202 Å². The van der Waals surface area contributed by atoms with Crippen molar-refractivity contribution in [3.05, 3.63) is 106 Å². The molecule has 2 heterocycles. The third kappa shape index (κ3) is 5.60. The lowest BCUT2D eigenvalue weighted by atomic mass is 9.88. The zero-order valence-corrected chi connectivity index (χ0v) is 19.6. The predicted molar refractivity (Wildman–Crippen MR) is 131 cm³/mol. The Morgan fingerprint density at radius 3 is 2.60 bits per heavy atom. The third-order valence-electron chi connectivity index (χ3n) is 5.87. The molecule has 35 heavy (non-hydrogen) atoms. The minimum Gasteiger partial charge on any atom is -0.507 e. The molecule has 0 bridgehead atoms. The van der Waals surface area contributed by atoms with Crippen LogP contribution >= 0.6 is 0 Å². The van der Waals surface area contributed by atoms with Gasteiger partial charge in [-0.05, 0) is 42.8 Å². The maximum atomic E-state index is 13.6. The molecule has 0 saturated heterocycles. The van der Waals surface area contributed by atoms with Crippen LogP contribution in [0.4, 0.5) is 0 Å². The Balaban J connectivity index is 1.74. The molecule has 0 aliphatic heterocycles. The molecular formula is C27H27N3O5. The number of carbonyl (C=O) groups is 1. The van der Waals surface area contributed by atoms with Gasteiger partial charge in [0.1, 0.15) is 17.2 Å². The predicted octanol–water partition coefficient (Wildman–Crippen LogP) is 4.32. The normalized spacial score (nSPS) is 11.7. The van der Waals surface area contributed by atoms with Gasteiger partial charge in [-0.2, -0.15) is 0 Å². The fraction of sp³-hybridized carbons (Fsp3) is 0.222. The highest BCUT2D eigenvalue weighted by molar-refractivity contribution is 5.71. The van der Waals surface area contributed by atoms with Crippen molar-refractivity contribution in [1.29, 1.82) is 0 Å². The molecule has 2 N–H and O–H groups in total. The first-order valence-electron chi connectivity index (χ1n) is 11.3. The van der Waals surface area contributed by atoms with Crippen molar-refractivity contribution in [3.8, 4) is 17.2 Å². The van der Waals surface area contributed by atoms with Crippen LogP contribution in [0, 0.1) is 6.92 Å². The molecule has 180 valence electrons. The number of aryl methyl sites for hydroxylation is 2. The number of carbonyl (C=O) groups excluding carboxylic acids is 1. The number of nitrogens with one attached hydrogen (secondary N) is 1. The zero-order chi connectivity index (χ0) is 24.8. The van der Waals surface area contributed by atoms with Gasteiger partial charge in [0, 0.05) is 36.5 Å². The number of ether oxygens (including phenoxy) is 2. The average molecular weight is 474 g/mol. The fourth-order valence-corrected chi connectivity index (χ4v) is 4.08. The topological polar surface area (TPSA) is 106 Å². The molecule has 4 aromatic rings. The van der Waals surface area contributed by atoms with E-state index in [-0.39, 0.29) is 23.3 Å². The molecule has 0 amide bonds. The van der Waals surface area contributed by atoms with Gasteiger partial charge in [0.2, 0.25) is 0 Å². The molecule has 4 rings (SSSR count). The summed E-state index contributed by atoms with van der Waals surface area (Å²) in [5, 5.41) is 10.9. The van der Waals surface area contributed by atoms with Crippen molar-refractivity contribution >= 4 is 5.97 Å². The molecule has 8 nitrogen and oxygen atoms in total. The lowest BCUT2D eigenvalue weighted by Gasteiger charge is -2.21. The number of rotatable bonds is 9. The van der Waals surface area contributed by atoms with E-state index in [1.54, 1.807) is 54.3 Å². The van der Waals surface area contributed by atoms with Crippen LogP contribution in [-0.4, -0.2) is 32.7 Å². The number of H-pyrrole nitrogens is 1. The Morgan fingerprint density at radius 1 is 1.11 bits per heavy atom. The molecule has 0 spiro atoms. The lowest BCUT2D eigenvalue weighted by Crippen LogP contribution is -2.29. The molecule has 8 heteroatoms. The standard InChI is InChI=1S/C27H27N3O5/c1-18-13-24(31)26(27(33)30(18)12-11-20-16-28-17-29-20)23(15-25(32)34-2)19-7-6-10-22(14-19)35-21-8-4-3-5-9-21/h3-10,13-14,16-17,23,31H,11-12,15H2,1-2H3,(H,28,29). The summed E-state index contributed by atoms with van der Waals surface area (Å²) in [6, 6.07) is 18.0. The number of hydrogen-bond donors (Lipinski definition) is 2. The number of nitrogens with zero attached hydrogens (tertiary/aromatic N) is 2. The summed E-state index contributed by atoms with van der Waals surface area (Å²) in [5.74, 6) is -0.169. The van der Waals surface area contributed by atoms with Crippen molar-refractivity contribution in [2.24, 2.45) is 0 Å². The second kappa shape index (κ2) is 10.7. The van der Waals surface area contributed by atoms with E-state index < -0.39 is 11.9 Å².